The van der Waals surface area contributed by atoms with Gasteiger partial charge in [-0.2, -0.15) is 4.98 Å². The third-order valence-electron chi connectivity index (χ3n) is 4.47. The van der Waals surface area contributed by atoms with Gasteiger partial charge >= 0.3 is 0 Å². The number of likely N-dealkylation sites (tertiary alicyclic amines) is 1. The van der Waals surface area contributed by atoms with Gasteiger partial charge in [0.25, 0.3) is 0 Å². The topological polar surface area (TPSA) is 76.5 Å². The number of aryl methyl sites for hydroxylation is 2. The molecular formula is C17H19N5O2. The summed E-state index contributed by atoms with van der Waals surface area (Å²) in [6, 6.07) is 3.90. The number of imidazole rings is 1. The van der Waals surface area contributed by atoms with Crippen LogP contribution in [0.5, 0.6) is 0 Å². The first-order chi connectivity index (χ1) is 11.6. The fourth-order valence-corrected chi connectivity index (χ4v) is 3.33. The lowest BCUT2D eigenvalue weighted by Gasteiger charge is -2.21. The van der Waals surface area contributed by atoms with Crippen molar-refractivity contribution in [1.82, 2.24) is 24.4 Å². The lowest BCUT2D eigenvalue weighted by atomic mass is 10.2. The summed E-state index contributed by atoms with van der Waals surface area (Å²) in [6.07, 6.45) is 5.98. The molecule has 1 aliphatic rings. The van der Waals surface area contributed by atoms with Crippen molar-refractivity contribution in [2.24, 2.45) is 0 Å². The fraction of sp³-hybridized carbons (Fsp3) is 0.412. The molecule has 0 N–H and O–H groups in total. The molecule has 4 rings (SSSR count). The van der Waals surface area contributed by atoms with E-state index in [2.05, 4.69) is 15.1 Å². The van der Waals surface area contributed by atoms with Crippen LogP contribution >= 0.6 is 0 Å². The van der Waals surface area contributed by atoms with E-state index in [1.165, 1.54) is 0 Å². The predicted octanol–water partition coefficient (Wildman–Crippen LogP) is 2.24. The molecule has 7 nitrogen and oxygen atoms in total. The SMILES string of the molecule is Cc1nc(C2CCCN2C(=O)Cc2cn3cccc(C)c3n2)no1. The molecule has 0 radical (unpaired) electrons. The van der Waals surface area contributed by atoms with Gasteiger partial charge in [0.05, 0.1) is 18.2 Å². The molecule has 1 unspecified atom stereocenters. The van der Waals surface area contributed by atoms with E-state index < -0.39 is 0 Å². The minimum atomic E-state index is -0.0892. The number of carbonyl (C=O) groups excluding carboxylic acids is 1. The van der Waals surface area contributed by atoms with Crippen molar-refractivity contribution < 1.29 is 9.32 Å². The Balaban J connectivity index is 1.55. The zero-order valence-corrected chi connectivity index (χ0v) is 13.8. The standard InChI is InChI=1S/C17H19N5O2/c1-11-5-3-7-21-10-13(19-17(11)21)9-15(23)22-8-4-6-14(22)16-18-12(2)24-20-16/h3,5,7,10,14H,4,6,8-9H2,1-2H3. The zero-order chi connectivity index (χ0) is 16.7. The molecule has 1 aliphatic heterocycles. The van der Waals surface area contributed by atoms with Gasteiger partial charge in [-0.05, 0) is 31.4 Å². The first kappa shape index (κ1) is 14.9. The second-order valence-electron chi connectivity index (χ2n) is 6.25. The molecule has 1 atom stereocenters. The van der Waals surface area contributed by atoms with E-state index in [1.54, 1.807) is 6.92 Å². The van der Waals surface area contributed by atoms with Crippen LogP contribution in [0, 0.1) is 13.8 Å². The van der Waals surface area contributed by atoms with Crippen LogP contribution in [-0.4, -0.2) is 36.9 Å². The number of pyridine rings is 1. The van der Waals surface area contributed by atoms with Crippen LogP contribution in [0.4, 0.5) is 0 Å². The Hall–Kier alpha value is -2.70. The molecule has 0 aliphatic carbocycles. The minimum absolute atomic E-state index is 0.0565. The van der Waals surface area contributed by atoms with Gasteiger partial charge in [-0.3, -0.25) is 4.79 Å². The number of nitrogens with zero attached hydrogens (tertiary/aromatic N) is 5. The Labute approximate surface area is 139 Å². The molecule has 0 saturated carbocycles. The van der Waals surface area contributed by atoms with Crippen LogP contribution in [-0.2, 0) is 11.2 Å². The van der Waals surface area contributed by atoms with E-state index in [4.69, 9.17) is 4.52 Å². The van der Waals surface area contributed by atoms with Gasteiger partial charge in [-0.15, -0.1) is 0 Å². The summed E-state index contributed by atoms with van der Waals surface area (Å²) in [6.45, 7) is 4.50. The Kier molecular flexibility index (Phi) is 3.55. The minimum Gasteiger partial charge on any atom is -0.340 e. The average Bonchev–Trinajstić information content (AvgIpc) is 3.25. The molecule has 0 spiro atoms. The highest BCUT2D eigenvalue weighted by Crippen LogP contribution is 2.30. The number of rotatable bonds is 3. The van der Waals surface area contributed by atoms with Crippen molar-refractivity contribution >= 4 is 11.6 Å². The van der Waals surface area contributed by atoms with Crippen molar-refractivity contribution in [2.45, 2.75) is 39.2 Å². The third kappa shape index (κ3) is 2.55. The number of amides is 1. The van der Waals surface area contributed by atoms with E-state index in [0.29, 0.717) is 11.7 Å². The molecule has 0 aromatic carbocycles. The van der Waals surface area contributed by atoms with Crippen LogP contribution in [0.25, 0.3) is 5.65 Å². The lowest BCUT2D eigenvalue weighted by Crippen LogP contribution is -2.32. The summed E-state index contributed by atoms with van der Waals surface area (Å²) in [5.41, 5.74) is 2.77. The molecule has 0 bridgehead atoms. The summed E-state index contributed by atoms with van der Waals surface area (Å²) in [5, 5.41) is 3.98. The quantitative estimate of drug-likeness (QED) is 0.738. The molecule has 1 fully saturated rings. The highest BCUT2D eigenvalue weighted by molar-refractivity contribution is 5.79. The summed E-state index contributed by atoms with van der Waals surface area (Å²) >= 11 is 0. The van der Waals surface area contributed by atoms with E-state index in [9.17, 15) is 4.79 Å². The third-order valence-corrected chi connectivity index (χ3v) is 4.47. The van der Waals surface area contributed by atoms with Crippen molar-refractivity contribution in [3.8, 4) is 0 Å². The highest BCUT2D eigenvalue weighted by atomic mass is 16.5. The Morgan fingerprint density at radius 3 is 3.00 bits per heavy atom. The monoisotopic (exact) mass is 325 g/mol. The van der Waals surface area contributed by atoms with Crippen LogP contribution in [0.1, 0.15) is 41.9 Å². The highest BCUT2D eigenvalue weighted by Gasteiger charge is 2.33. The molecule has 3 aromatic rings. The maximum atomic E-state index is 12.8. The van der Waals surface area contributed by atoms with Crippen molar-refractivity contribution in [1.29, 1.82) is 0 Å². The largest absolute Gasteiger partial charge is 0.340 e. The van der Waals surface area contributed by atoms with Crippen LogP contribution in [0.15, 0.2) is 29.0 Å². The first-order valence-corrected chi connectivity index (χ1v) is 8.14. The number of fused-ring (bicyclic) bond motifs is 1. The van der Waals surface area contributed by atoms with Crippen LogP contribution in [0.3, 0.4) is 0 Å². The first-order valence-electron chi connectivity index (χ1n) is 8.14. The number of carbonyl (C=O) groups is 1. The Morgan fingerprint density at radius 1 is 1.38 bits per heavy atom. The molecule has 4 heterocycles. The number of aromatic nitrogens is 4. The predicted molar refractivity (Wildman–Crippen MR) is 86.4 cm³/mol. The average molecular weight is 325 g/mol. The van der Waals surface area contributed by atoms with Gasteiger partial charge in [0.15, 0.2) is 5.82 Å². The van der Waals surface area contributed by atoms with Crippen molar-refractivity contribution in [3.63, 3.8) is 0 Å². The maximum Gasteiger partial charge on any atom is 0.229 e. The maximum absolute atomic E-state index is 12.8. The van der Waals surface area contributed by atoms with Gasteiger partial charge in [-0.25, -0.2) is 4.98 Å². The van der Waals surface area contributed by atoms with E-state index in [0.717, 1.165) is 36.3 Å². The second kappa shape index (κ2) is 5.74. The van der Waals surface area contributed by atoms with E-state index in [1.807, 2.05) is 40.8 Å². The number of hydrogen-bond acceptors (Lipinski definition) is 5. The molecule has 3 aromatic heterocycles. The summed E-state index contributed by atoms with van der Waals surface area (Å²) in [7, 11) is 0. The number of hydrogen-bond donors (Lipinski definition) is 0. The van der Waals surface area contributed by atoms with Crippen molar-refractivity contribution in [3.05, 3.63) is 47.5 Å². The molecular weight excluding hydrogens is 306 g/mol. The van der Waals surface area contributed by atoms with Crippen LogP contribution in [0.2, 0.25) is 0 Å². The Bertz CT molecular complexity index is 897. The summed E-state index contributed by atoms with van der Waals surface area (Å²) in [4.78, 5) is 23.5. The van der Waals surface area contributed by atoms with Gasteiger partial charge in [0.2, 0.25) is 11.8 Å². The van der Waals surface area contributed by atoms with Gasteiger partial charge in [0.1, 0.15) is 5.65 Å². The van der Waals surface area contributed by atoms with Gasteiger partial charge in [-0.1, -0.05) is 11.2 Å². The smallest absolute Gasteiger partial charge is 0.229 e. The second-order valence-corrected chi connectivity index (χ2v) is 6.25. The molecule has 1 saturated heterocycles. The van der Waals surface area contributed by atoms with Gasteiger partial charge < -0.3 is 13.8 Å². The molecule has 124 valence electrons. The molecule has 1 amide bonds. The molecule has 7 heteroatoms. The summed E-state index contributed by atoms with van der Waals surface area (Å²) < 4.78 is 7.02. The lowest BCUT2D eigenvalue weighted by molar-refractivity contribution is -0.131. The zero-order valence-electron chi connectivity index (χ0n) is 13.8. The van der Waals surface area contributed by atoms with E-state index >= 15 is 0 Å². The van der Waals surface area contributed by atoms with E-state index in [-0.39, 0.29) is 18.4 Å². The van der Waals surface area contributed by atoms with Crippen molar-refractivity contribution in [2.75, 3.05) is 6.54 Å². The molecule has 24 heavy (non-hydrogen) atoms. The van der Waals surface area contributed by atoms with Gasteiger partial charge in [0, 0.05) is 25.9 Å². The Morgan fingerprint density at radius 2 is 2.25 bits per heavy atom. The normalized spacial score (nSPS) is 17.8. The fourth-order valence-electron chi connectivity index (χ4n) is 3.33. The van der Waals surface area contributed by atoms with Crippen LogP contribution < -0.4 is 0 Å². The summed E-state index contributed by atoms with van der Waals surface area (Å²) in [5.74, 6) is 1.19.